The molecule has 0 amide bonds. The average molecular weight is 556 g/mol. The zero-order valence-corrected chi connectivity index (χ0v) is 26.2. The predicted octanol–water partition coefficient (Wildman–Crippen LogP) is 6.69. The summed E-state index contributed by atoms with van der Waals surface area (Å²) in [4.78, 5) is 25.3. The van der Waals surface area contributed by atoms with Gasteiger partial charge in [-0.3, -0.25) is 4.98 Å². The van der Waals surface area contributed by atoms with Crippen molar-refractivity contribution in [3.8, 4) is 17.0 Å². The highest BCUT2D eigenvalue weighted by Crippen LogP contribution is 2.43. The number of ether oxygens (including phenoxy) is 4. The second-order valence-corrected chi connectivity index (χ2v) is 12.7. The van der Waals surface area contributed by atoms with Gasteiger partial charge in [0, 0.05) is 60.5 Å². The maximum absolute atomic E-state index is 13.6. The van der Waals surface area contributed by atoms with Gasteiger partial charge in [-0.15, -0.1) is 0 Å². The molecule has 0 spiro atoms. The van der Waals surface area contributed by atoms with Gasteiger partial charge in [-0.05, 0) is 79.7 Å². The molecule has 3 rings (SSSR count). The van der Waals surface area contributed by atoms with Gasteiger partial charge >= 0.3 is 5.97 Å². The first-order chi connectivity index (χ1) is 18.7. The van der Waals surface area contributed by atoms with Crippen LogP contribution in [0.4, 0.5) is 5.69 Å². The molecule has 2 unspecified atom stereocenters. The Morgan fingerprint density at radius 1 is 1.07 bits per heavy atom. The van der Waals surface area contributed by atoms with Crippen LogP contribution in [-0.2, 0) is 19.0 Å². The summed E-state index contributed by atoms with van der Waals surface area (Å²) < 4.78 is 23.6. The largest absolute Gasteiger partial charge is 0.472 e. The molecule has 3 heterocycles. The molecule has 0 N–H and O–H groups in total. The highest BCUT2D eigenvalue weighted by Gasteiger charge is 2.37. The summed E-state index contributed by atoms with van der Waals surface area (Å²) in [6.45, 7) is 22.9. The van der Waals surface area contributed by atoms with Gasteiger partial charge in [-0.2, -0.15) is 0 Å². The molecule has 222 valence electrons. The first kappa shape index (κ1) is 31.8. The fourth-order valence-electron chi connectivity index (χ4n) is 4.82. The highest BCUT2D eigenvalue weighted by molar-refractivity contribution is 5.87. The third-order valence-corrected chi connectivity index (χ3v) is 6.95. The molecule has 8 heteroatoms. The molecule has 0 radical (unpaired) electrons. The van der Waals surface area contributed by atoms with Crippen LogP contribution in [0, 0.1) is 12.3 Å². The first-order valence-corrected chi connectivity index (χ1v) is 14.5. The predicted molar refractivity (Wildman–Crippen MR) is 159 cm³/mol. The van der Waals surface area contributed by atoms with Crippen LogP contribution in [0.3, 0.4) is 0 Å². The molecular formula is C32H49N3O5. The van der Waals surface area contributed by atoms with E-state index in [1.165, 1.54) is 0 Å². The molecule has 2 aromatic heterocycles. The van der Waals surface area contributed by atoms with Crippen LogP contribution in [0.1, 0.15) is 92.5 Å². The number of aryl methyl sites for hydroxylation is 1. The number of piperidine rings is 1. The van der Waals surface area contributed by atoms with Crippen molar-refractivity contribution in [3.05, 3.63) is 35.8 Å². The van der Waals surface area contributed by atoms with E-state index in [1.807, 2.05) is 79.9 Å². The van der Waals surface area contributed by atoms with Crippen LogP contribution >= 0.6 is 0 Å². The fraction of sp³-hybridized carbons (Fsp3) is 0.656. The lowest BCUT2D eigenvalue weighted by atomic mass is 9.82. The van der Waals surface area contributed by atoms with Crippen molar-refractivity contribution in [2.75, 3.05) is 31.2 Å². The van der Waals surface area contributed by atoms with E-state index in [4.69, 9.17) is 23.9 Å². The van der Waals surface area contributed by atoms with Crippen LogP contribution in [0.15, 0.2) is 24.5 Å². The molecule has 0 aliphatic carbocycles. The van der Waals surface area contributed by atoms with Gasteiger partial charge in [0.1, 0.15) is 6.10 Å². The average Bonchev–Trinajstić information content (AvgIpc) is 2.86. The second kappa shape index (κ2) is 13.3. The summed E-state index contributed by atoms with van der Waals surface area (Å²) in [5.74, 6) is 0.127. The number of hydrogen-bond donors (Lipinski definition) is 0. The maximum Gasteiger partial charge on any atom is 0.340 e. The molecule has 2 aromatic rings. The minimum atomic E-state index is -0.922. The number of carbonyl (C=O) groups is 1. The fourth-order valence-corrected chi connectivity index (χ4v) is 4.82. The van der Waals surface area contributed by atoms with Gasteiger partial charge < -0.3 is 23.8 Å². The molecule has 2 atom stereocenters. The zero-order chi connectivity index (χ0) is 29.7. The van der Waals surface area contributed by atoms with Gasteiger partial charge in [0.15, 0.2) is 6.10 Å². The smallest absolute Gasteiger partial charge is 0.340 e. The number of pyridine rings is 2. The Labute approximate surface area is 240 Å². The van der Waals surface area contributed by atoms with E-state index in [-0.39, 0.29) is 17.6 Å². The minimum absolute atomic E-state index is 0.111. The van der Waals surface area contributed by atoms with Gasteiger partial charge in [-0.25, -0.2) is 9.78 Å². The Bertz CT molecular complexity index is 1110. The van der Waals surface area contributed by atoms with Crippen molar-refractivity contribution in [2.24, 2.45) is 5.41 Å². The molecule has 1 aliphatic heterocycles. The molecule has 1 fully saturated rings. The standard InChI is InChI=1S/C32H49N3O5/c1-11-37-20-22(4)39-26-13-12-24(18-34-26)25-19-33-23(5)27(28(25)35-16-14-32(9,10)15-17-35)29(40-31(6,7)8)30(36)38-21(2)3/h12-13,18-19,21-22,29H,11,14-17,20H2,1-10H3. The third kappa shape index (κ3) is 8.64. The van der Waals surface area contributed by atoms with Gasteiger partial charge in [0.05, 0.1) is 24.0 Å². The van der Waals surface area contributed by atoms with Crippen LogP contribution < -0.4 is 9.64 Å². The molecule has 1 aliphatic rings. The quantitative estimate of drug-likeness (QED) is 0.284. The van der Waals surface area contributed by atoms with Crippen molar-refractivity contribution in [2.45, 2.75) is 106 Å². The van der Waals surface area contributed by atoms with Crippen LogP contribution in [0.25, 0.3) is 11.1 Å². The maximum atomic E-state index is 13.6. The number of aromatic nitrogens is 2. The number of nitrogens with zero attached hydrogens (tertiary/aromatic N) is 3. The lowest BCUT2D eigenvalue weighted by molar-refractivity contribution is -0.171. The highest BCUT2D eigenvalue weighted by atomic mass is 16.6. The lowest BCUT2D eigenvalue weighted by Crippen LogP contribution is -2.39. The molecule has 1 saturated heterocycles. The topological polar surface area (TPSA) is 83.0 Å². The van der Waals surface area contributed by atoms with E-state index < -0.39 is 17.7 Å². The summed E-state index contributed by atoms with van der Waals surface area (Å²) in [5, 5.41) is 0. The summed E-state index contributed by atoms with van der Waals surface area (Å²) in [7, 11) is 0. The van der Waals surface area contributed by atoms with Crippen LogP contribution in [0.5, 0.6) is 5.88 Å². The van der Waals surface area contributed by atoms with Gasteiger partial charge in [-0.1, -0.05) is 13.8 Å². The Hall–Kier alpha value is -2.71. The van der Waals surface area contributed by atoms with Crippen molar-refractivity contribution in [3.63, 3.8) is 0 Å². The zero-order valence-electron chi connectivity index (χ0n) is 26.2. The van der Waals surface area contributed by atoms with Crippen molar-refractivity contribution in [1.82, 2.24) is 9.97 Å². The molecule has 40 heavy (non-hydrogen) atoms. The van der Waals surface area contributed by atoms with E-state index in [0.717, 1.165) is 54.0 Å². The molecule has 0 aromatic carbocycles. The monoisotopic (exact) mass is 555 g/mol. The van der Waals surface area contributed by atoms with E-state index in [2.05, 4.69) is 23.7 Å². The SMILES string of the molecule is CCOCC(C)Oc1ccc(-c2cnc(C)c(C(OC(C)(C)C)C(=O)OC(C)C)c2N2CCC(C)(C)CC2)cn1. The van der Waals surface area contributed by atoms with E-state index in [9.17, 15) is 4.79 Å². The normalized spacial score (nSPS) is 17.0. The summed E-state index contributed by atoms with van der Waals surface area (Å²) in [5.41, 5.74) is 3.93. The number of carbonyl (C=O) groups excluding carboxylic acids is 1. The number of esters is 1. The molecule has 0 saturated carbocycles. The van der Waals surface area contributed by atoms with Crippen molar-refractivity contribution < 1.29 is 23.7 Å². The molecule has 0 bridgehead atoms. The van der Waals surface area contributed by atoms with Gasteiger partial charge in [0.2, 0.25) is 5.88 Å². The molecule has 8 nitrogen and oxygen atoms in total. The lowest BCUT2D eigenvalue weighted by Gasteiger charge is -2.41. The third-order valence-electron chi connectivity index (χ3n) is 6.95. The van der Waals surface area contributed by atoms with Crippen LogP contribution in [0.2, 0.25) is 0 Å². The Balaban J connectivity index is 2.13. The second-order valence-electron chi connectivity index (χ2n) is 12.7. The summed E-state index contributed by atoms with van der Waals surface area (Å²) in [6.07, 6.45) is 4.47. The summed E-state index contributed by atoms with van der Waals surface area (Å²) in [6, 6.07) is 3.87. The van der Waals surface area contributed by atoms with E-state index >= 15 is 0 Å². The number of rotatable bonds is 11. The Morgan fingerprint density at radius 2 is 1.75 bits per heavy atom. The van der Waals surface area contributed by atoms with Gasteiger partial charge in [0.25, 0.3) is 0 Å². The number of anilines is 1. The minimum Gasteiger partial charge on any atom is -0.472 e. The van der Waals surface area contributed by atoms with E-state index in [0.29, 0.717) is 19.1 Å². The summed E-state index contributed by atoms with van der Waals surface area (Å²) >= 11 is 0. The number of hydrogen-bond acceptors (Lipinski definition) is 8. The van der Waals surface area contributed by atoms with Crippen LogP contribution in [-0.4, -0.2) is 60.0 Å². The first-order valence-electron chi connectivity index (χ1n) is 14.5. The van der Waals surface area contributed by atoms with E-state index in [1.54, 1.807) is 0 Å². The molecular weight excluding hydrogens is 506 g/mol. The Morgan fingerprint density at radius 3 is 2.30 bits per heavy atom. The van der Waals surface area contributed by atoms with Crippen molar-refractivity contribution >= 4 is 11.7 Å². The van der Waals surface area contributed by atoms with Crippen molar-refractivity contribution in [1.29, 1.82) is 0 Å². The Kier molecular flexibility index (Phi) is 10.6.